The zero-order valence-corrected chi connectivity index (χ0v) is 32.9. The Morgan fingerprint density at radius 1 is 0.403 bits per heavy atom. The molecule has 0 aliphatic rings. The molecule has 0 atom stereocenters. The van der Waals surface area contributed by atoms with Crippen molar-refractivity contribution in [3.05, 3.63) is 205 Å². The van der Waals surface area contributed by atoms with Gasteiger partial charge in [0.2, 0.25) is 0 Å². The highest BCUT2D eigenvalue weighted by molar-refractivity contribution is 6.12. The van der Waals surface area contributed by atoms with Gasteiger partial charge in [-0.3, -0.25) is 0 Å². The molecule has 11 aromatic rings. The van der Waals surface area contributed by atoms with Gasteiger partial charge in [-0.1, -0.05) is 109 Å². The molecule has 0 unspecified atom stereocenters. The molecule has 0 spiro atoms. The first kappa shape index (κ1) is 36.0. The lowest BCUT2D eigenvalue weighted by molar-refractivity contribution is 1.07. The summed E-state index contributed by atoms with van der Waals surface area (Å²) in [5, 5.41) is 24.2. The number of benzene rings is 8. The minimum absolute atomic E-state index is 0.502. The summed E-state index contributed by atoms with van der Waals surface area (Å²) in [7, 11) is 0. The van der Waals surface area contributed by atoms with Gasteiger partial charge in [-0.2, -0.15) is 10.5 Å². The Hall–Kier alpha value is -9.16. The maximum Gasteiger partial charge on any atom is 0.188 e. The Kier molecular flexibility index (Phi) is 8.46. The van der Waals surface area contributed by atoms with E-state index >= 15 is 0 Å². The zero-order chi connectivity index (χ0) is 41.7. The van der Waals surface area contributed by atoms with Gasteiger partial charge in [0.25, 0.3) is 0 Å². The molecule has 0 aliphatic carbocycles. The van der Waals surface area contributed by atoms with Gasteiger partial charge in [-0.15, -0.1) is 0 Å². The number of nitriles is 2. The highest BCUT2D eigenvalue weighted by Crippen LogP contribution is 2.43. The lowest BCUT2D eigenvalue weighted by Crippen LogP contribution is -2.04. The van der Waals surface area contributed by atoms with Crippen molar-refractivity contribution in [3.8, 4) is 68.8 Å². The predicted octanol–water partition coefficient (Wildman–Crippen LogP) is 13.0. The minimum atomic E-state index is 0.502. The quantitative estimate of drug-likeness (QED) is 0.156. The van der Waals surface area contributed by atoms with Gasteiger partial charge >= 0.3 is 0 Å². The van der Waals surface area contributed by atoms with Crippen molar-refractivity contribution >= 4 is 49.3 Å². The molecular weight excluding hydrogens is 761 g/mol. The fourth-order valence-corrected chi connectivity index (χ4v) is 8.63. The second-order valence-electron chi connectivity index (χ2n) is 15.0. The molecular formula is C54H30N8. The molecule has 0 N–H and O–H groups in total. The van der Waals surface area contributed by atoms with Crippen molar-refractivity contribution in [3.63, 3.8) is 0 Å². The van der Waals surface area contributed by atoms with E-state index in [-0.39, 0.29) is 0 Å². The molecule has 11 rings (SSSR count). The van der Waals surface area contributed by atoms with Gasteiger partial charge in [-0.05, 0) is 78.2 Å². The number of rotatable bonds is 6. The first-order chi connectivity index (χ1) is 30.6. The van der Waals surface area contributed by atoms with Crippen molar-refractivity contribution in [2.45, 2.75) is 0 Å². The lowest BCUT2D eigenvalue weighted by Gasteiger charge is -2.20. The summed E-state index contributed by atoms with van der Waals surface area (Å²) >= 11 is 0. The third-order valence-electron chi connectivity index (χ3n) is 11.4. The molecule has 3 aromatic heterocycles. The Labute approximate surface area is 355 Å². The molecule has 0 radical (unpaired) electrons. The summed E-state index contributed by atoms with van der Waals surface area (Å²) < 4.78 is 4.44. The smallest absolute Gasteiger partial charge is 0.188 e. The van der Waals surface area contributed by atoms with Gasteiger partial charge in [0.1, 0.15) is 0 Å². The van der Waals surface area contributed by atoms with E-state index in [0.717, 1.165) is 82.8 Å². The van der Waals surface area contributed by atoms with E-state index in [2.05, 4.69) is 68.6 Å². The highest BCUT2D eigenvalue weighted by atomic mass is 15.0. The fraction of sp³-hybridized carbons (Fsp3) is 0. The van der Waals surface area contributed by atoms with Crippen LogP contribution in [0.4, 0.5) is 5.69 Å². The van der Waals surface area contributed by atoms with Crippen LogP contribution in [0.25, 0.3) is 105 Å². The number of para-hydroxylation sites is 2. The molecule has 0 saturated heterocycles. The van der Waals surface area contributed by atoms with E-state index in [1.54, 1.807) is 0 Å². The van der Waals surface area contributed by atoms with Crippen LogP contribution in [0.5, 0.6) is 0 Å². The van der Waals surface area contributed by atoms with Gasteiger partial charge in [0.15, 0.2) is 23.2 Å². The monoisotopic (exact) mass is 790 g/mol. The molecule has 62 heavy (non-hydrogen) atoms. The summed E-state index contributed by atoms with van der Waals surface area (Å²) in [6, 6.07) is 64.6. The lowest BCUT2D eigenvalue weighted by atomic mass is 9.96. The van der Waals surface area contributed by atoms with Crippen molar-refractivity contribution < 1.29 is 0 Å². The molecule has 286 valence electrons. The van der Waals surface area contributed by atoms with Crippen LogP contribution in [-0.4, -0.2) is 24.1 Å². The number of fused-ring (bicyclic) bond motifs is 6. The highest BCUT2D eigenvalue weighted by Gasteiger charge is 2.23. The Balaban J connectivity index is 1.25. The molecule has 0 saturated carbocycles. The van der Waals surface area contributed by atoms with Crippen molar-refractivity contribution in [1.29, 1.82) is 10.5 Å². The van der Waals surface area contributed by atoms with Crippen LogP contribution in [0.1, 0.15) is 11.1 Å². The summed E-state index contributed by atoms with van der Waals surface area (Å²) in [6.07, 6.45) is 0. The van der Waals surface area contributed by atoms with E-state index in [0.29, 0.717) is 34.3 Å². The molecule has 8 heteroatoms. The number of aromatic nitrogens is 5. The molecule has 0 bridgehead atoms. The molecule has 0 amide bonds. The van der Waals surface area contributed by atoms with Gasteiger partial charge in [0.05, 0.1) is 63.3 Å². The second kappa shape index (κ2) is 14.6. The molecule has 8 nitrogen and oxygen atoms in total. The topological polar surface area (TPSA) is 100 Å². The zero-order valence-electron chi connectivity index (χ0n) is 32.9. The van der Waals surface area contributed by atoms with Crippen molar-refractivity contribution in [2.24, 2.45) is 0 Å². The predicted molar refractivity (Wildman–Crippen MR) is 246 cm³/mol. The normalized spacial score (nSPS) is 11.2. The molecule has 0 fully saturated rings. The average molecular weight is 791 g/mol. The van der Waals surface area contributed by atoms with Gasteiger partial charge < -0.3 is 9.13 Å². The SMILES string of the molecule is [C-]#[N+]c1ccc2c(c1)c1ccccc1n2-c1ccc(-c2nc(-c3ccccc3)nc(-c3ccccc3)n2)cc1-c1ccc(C#N)cc1-n1c2ccccc2c2cc(C#N)ccc21. The van der Waals surface area contributed by atoms with Crippen LogP contribution < -0.4 is 0 Å². The first-order valence-electron chi connectivity index (χ1n) is 20.0. The minimum Gasteiger partial charge on any atom is -0.309 e. The van der Waals surface area contributed by atoms with Crippen LogP contribution in [0.15, 0.2) is 182 Å². The molecule has 0 aliphatic heterocycles. The summed E-state index contributed by atoms with van der Waals surface area (Å²) in [5.74, 6) is 1.61. The maximum atomic E-state index is 10.4. The fourth-order valence-electron chi connectivity index (χ4n) is 8.63. The van der Waals surface area contributed by atoms with Crippen LogP contribution in [-0.2, 0) is 0 Å². The van der Waals surface area contributed by atoms with Crippen LogP contribution in [0.3, 0.4) is 0 Å². The number of hydrogen-bond acceptors (Lipinski definition) is 5. The van der Waals surface area contributed by atoms with Crippen LogP contribution >= 0.6 is 0 Å². The number of hydrogen-bond donors (Lipinski definition) is 0. The number of nitrogens with zero attached hydrogens (tertiary/aromatic N) is 8. The van der Waals surface area contributed by atoms with Gasteiger partial charge in [0, 0.05) is 44.0 Å². The van der Waals surface area contributed by atoms with E-state index in [1.807, 2.05) is 140 Å². The summed E-state index contributed by atoms with van der Waals surface area (Å²) in [6.45, 7) is 7.81. The van der Waals surface area contributed by atoms with Crippen molar-refractivity contribution in [1.82, 2.24) is 24.1 Å². The van der Waals surface area contributed by atoms with Crippen LogP contribution in [0.2, 0.25) is 0 Å². The largest absolute Gasteiger partial charge is 0.309 e. The van der Waals surface area contributed by atoms with E-state index in [4.69, 9.17) is 21.5 Å². The first-order valence-corrected chi connectivity index (χ1v) is 20.0. The van der Waals surface area contributed by atoms with Gasteiger partial charge in [-0.25, -0.2) is 19.8 Å². The second-order valence-corrected chi connectivity index (χ2v) is 15.0. The maximum absolute atomic E-state index is 10.4. The van der Waals surface area contributed by atoms with Crippen LogP contribution in [0, 0.1) is 29.2 Å². The van der Waals surface area contributed by atoms with Crippen molar-refractivity contribution in [2.75, 3.05) is 0 Å². The summed E-state index contributed by atoms with van der Waals surface area (Å²) in [4.78, 5) is 18.9. The average Bonchev–Trinajstić information content (AvgIpc) is 3.86. The van der Waals surface area contributed by atoms with E-state index in [1.165, 1.54) is 0 Å². The Bertz CT molecular complexity index is 3670. The van der Waals surface area contributed by atoms with E-state index < -0.39 is 0 Å². The van der Waals surface area contributed by atoms with E-state index in [9.17, 15) is 10.5 Å². The Morgan fingerprint density at radius 2 is 0.903 bits per heavy atom. The standard InChI is InChI=1S/C54H30N8/c1-57-39-23-27-50-45(31-39)41-17-9-10-18-46(41)61(50)49-26-22-38(54-59-52(36-12-4-2-5-13-36)58-53(60-54)37-14-6-3-7-15-37)30-44(49)42-24-20-35(33-56)29-51(42)62-47-19-11-8-16-40(47)43-28-34(32-55)21-25-48(43)62/h2-31H. The Morgan fingerprint density at radius 3 is 1.52 bits per heavy atom. The molecule has 8 aromatic carbocycles. The summed E-state index contributed by atoms with van der Waals surface area (Å²) in [5.41, 5.74) is 11.3. The third-order valence-corrected chi connectivity index (χ3v) is 11.4. The third kappa shape index (κ3) is 5.86. The molecule has 3 heterocycles.